The van der Waals surface area contributed by atoms with Crippen LogP contribution in [0.4, 0.5) is 0 Å². The summed E-state index contributed by atoms with van der Waals surface area (Å²) in [6.45, 7) is 0.926. The molecule has 16 heteroatoms. The van der Waals surface area contributed by atoms with Crippen LogP contribution < -0.4 is 0 Å². The molecule has 41 heavy (non-hydrogen) atoms. The van der Waals surface area contributed by atoms with Crippen molar-refractivity contribution in [1.29, 1.82) is 0 Å². The first kappa shape index (κ1) is 34.6. The first-order valence-electron chi connectivity index (χ1n) is 13.6. The Hall–Kier alpha value is -0.930. The Morgan fingerprint density at radius 3 is 1.93 bits per heavy atom. The normalized spacial score (nSPS) is 47.4. The van der Waals surface area contributed by atoms with E-state index in [1.54, 1.807) is 6.92 Å². The van der Waals surface area contributed by atoms with Crippen LogP contribution in [0.25, 0.3) is 0 Å². The third-order valence-corrected chi connectivity index (χ3v) is 8.18. The fourth-order valence-corrected chi connectivity index (χ4v) is 5.54. The van der Waals surface area contributed by atoms with E-state index >= 15 is 0 Å². The molecular weight excluding hydrogens is 556 g/mol. The molecule has 0 spiro atoms. The van der Waals surface area contributed by atoms with E-state index in [9.17, 15) is 50.8 Å². The largest absolute Gasteiger partial charge is 0.396 e. The smallest absolute Gasteiger partial charge is 0.186 e. The summed E-state index contributed by atoms with van der Waals surface area (Å²) in [6.07, 6.45) is -20.1. The summed E-state index contributed by atoms with van der Waals surface area (Å²) in [5, 5.41) is 93.7. The van der Waals surface area contributed by atoms with E-state index in [0.29, 0.717) is 6.29 Å². The predicted octanol–water partition coefficient (Wildman–Crippen LogP) is -5.36. The van der Waals surface area contributed by atoms with Crippen LogP contribution in [0, 0.1) is 11.8 Å². The number of hydrogen-bond donors (Lipinski definition) is 9. The molecule has 17 atom stereocenters. The van der Waals surface area contributed by atoms with Crippen molar-refractivity contribution in [3.05, 3.63) is 0 Å². The van der Waals surface area contributed by atoms with Crippen molar-refractivity contribution in [1.82, 2.24) is 0 Å². The summed E-state index contributed by atoms with van der Waals surface area (Å²) in [5.74, 6) is -2.22. The van der Waals surface area contributed by atoms with E-state index < -0.39 is 123 Å². The number of carbonyl (C=O) groups is 1. The standard InChI is InChI=1S/C25H44O16/c1-9(36-3)22-17(32)19(34)24(14(7-29)39-22)38-10(2)21-16(31)18(33)23(11(4-26)8-37-21)41-25-20(35)15(30)12(5-27)13(6-28)40-25/h5,9-26,28-35H,4,6-8H2,1-3H3/t9?,10?,11?,12-,13?,14?,15?,16?,17?,18?,19?,20?,21-,22-,23-,24+,25+/m0/s1. The minimum Gasteiger partial charge on any atom is -0.396 e. The van der Waals surface area contributed by atoms with Crippen molar-refractivity contribution in [2.75, 3.05) is 33.5 Å². The second-order valence-electron chi connectivity index (χ2n) is 10.8. The van der Waals surface area contributed by atoms with Crippen LogP contribution in [-0.2, 0) is 33.2 Å². The van der Waals surface area contributed by atoms with E-state index in [4.69, 9.17) is 28.4 Å². The predicted molar refractivity (Wildman–Crippen MR) is 133 cm³/mol. The molecule has 16 nitrogen and oxygen atoms in total. The molecule has 3 aliphatic heterocycles. The first-order valence-corrected chi connectivity index (χ1v) is 13.6. The van der Waals surface area contributed by atoms with Crippen LogP contribution >= 0.6 is 0 Å². The maximum Gasteiger partial charge on any atom is 0.186 e. The molecule has 0 aliphatic carbocycles. The monoisotopic (exact) mass is 600 g/mol. The van der Waals surface area contributed by atoms with E-state index in [2.05, 4.69) is 0 Å². The number of hydrogen-bond acceptors (Lipinski definition) is 16. The van der Waals surface area contributed by atoms with Gasteiger partial charge in [0.25, 0.3) is 0 Å². The highest BCUT2D eigenvalue weighted by atomic mass is 16.7. The number of aldehydes is 1. The van der Waals surface area contributed by atoms with Gasteiger partial charge < -0.3 is 79.2 Å². The van der Waals surface area contributed by atoms with Gasteiger partial charge in [0.2, 0.25) is 0 Å². The average Bonchev–Trinajstić information content (AvgIpc) is 3.08. The van der Waals surface area contributed by atoms with Crippen LogP contribution in [0.5, 0.6) is 0 Å². The topological polar surface area (TPSA) is 255 Å². The lowest BCUT2D eigenvalue weighted by Gasteiger charge is -2.45. The Labute approximate surface area is 236 Å². The van der Waals surface area contributed by atoms with Crippen LogP contribution in [0.15, 0.2) is 0 Å². The summed E-state index contributed by atoms with van der Waals surface area (Å²) in [5.41, 5.74) is 0. The number of carbonyl (C=O) groups excluding carboxylic acids is 1. The SMILES string of the molecule is COC(C)[C@@H]1OC(CO)[C@@H](OC(C)[C@@H]2OCC(CO)[C@H](O[C@H]3OC(CO)[C@H](C=O)C(O)C3O)C(O)C2O)C(O)C1O. The second-order valence-corrected chi connectivity index (χ2v) is 10.8. The zero-order valence-corrected chi connectivity index (χ0v) is 23.1. The third-order valence-electron chi connectivity index (χ3n) is 8.18. The Kier molecular flexibility index (Phi) is 12.8. The lowest BCUT2D eigenvalue weighted by atomic mass is 9.90. The average molecular weight is 601 g/mol. The highest BCUT2D eigenvalue weighted by Crippen LogP contribution is 2.33. The van der Waals surface area contributed by atoms with Gasteiger partial charge in [0.15, 0.2) is 6.29 Å². The molecule has 0 aromatic rings. The van der Waals surface area contributed by atoms with Gasteiger partial charge in [-0.15, -0.1) is 0 Å². The van der Waals surface area contributed by atoms with Crippen molar-refractivity contribution >= 4 is 6.29 Å². The second kappa shape index (κ2) is 15.2. The van der Waals surface area contributed by atoms with Crippen LogP contribution in [0.3, 0.4) is 0 Å². The van der Waals surface area contributed by atoms with Gasteiger partial charge in [0.05, 0.1) is 62.9 Å². The molecule has 0 bridgehead atoms. The lowest BCUT2D eigenvalue weighted by Crippen LogP contribution is -2.63. The van der Waals surface area contributed by atoms with Gasteiger partial charge in [-0.2, -0.15) is 0 Å². The van der Waals surface area contributed by atoms with Gasteiger partial charge in [-0.3, -0.25) is 0 Å². The van der Waals surface area contributed by atoms with Crippen LogP contribution in [-0.4, -0.2) is 178 Å². The zero-order chi connectivity index (χ0) is 30.6. The minimum absolute atomic E-state index is 0.289. The summed E-state index contributed by atoms with van der Waals surface area (Å²) < 4.78 is 33.7. The molecule has 11 unspecified atom stereocenters. The molecule has 0 amide bonds. The molecule has 3 heterocycles. The highest BCUT2D eigenvalue weighted by Gasteiger charge is 2.52. The third kappa shape index (κ3) is 7.25. The van der Waals surface area contributed by atoms with E-state index in [1.165, 1.54) is 14.0 Å². The number of rotatable bonds is 11. The fraction of sp³-hybridized carbons (Fsp3) is 0.960. The van der Waals surface area contributed by atoms with Crippen molar-refractivity contribution in [2.24, 2.45) is 11.8 Å². The molecular formula is C25H44O16. The number of ether oxygens (including phenoxy) is 6. The minimum atomic E-state index is -1.77. The van der Waals surface area contributed by atoms with Gasteiger partial charge in [-0.05, 0) is 13.8 Å². The summed E-state index contributed by atoms with van der Waals surface area (Å²) >= 11 is 0. The van der Waals surface area contributed by atoms with Gasteiger partial charge in [-0.1, -0.05) is 0 Å². The Bertz CT molecular complexity index is 802. The fourth-order valence-electron chi connectivity index (χ4n) is 5.54. The maximum atomic E-state index is 11.3. The van der Waals surface area contributed by atoms with E-state index in [1.807, 2.05) is 0 Å². The van der Waals surface area contributed by atoms with Gasteiger partial charge in [0.1, 0.15) is 61.2 Å². The number of aliphatic hydroxyl groups is 9. The molecule has 3 rings (SSSR count). The molecule has 3 saturated heterocycles. The quantitative estimate of drug-likeness (QED) is 0.100. The van der Waals surface area contributed by atoms with Crippen LogP contribution in [0.1, 0.15) is 13.8 Å². The lowest BCUT2D eigenvalue weighted by molar-refractivity contribution is -0.311. The Morgan fingerprint density at radius 1 is 0.756 bits per heavy atom. The van der Waals surface area contributed by atoms with Gasteiger partial charge in [0, 0.05) is 13.0 Å². The summed E-state index contributed by atoms with van der Waals surface area (Å²) in [6, 6.07) is 0. The van der Waals surface area contributed by atoms with Crippen LogP contribution in [0.2, 0.25) is 0 Å². The van der Waals surface area contributed by atoms with Crippen molar-refractivity contribution in [3.8, 4) is 0 Å². The molecule has 0 saturated carbocycles. The molecule has 0 aromatic heterocycles. The van der Waals surface area contributed by atoms with E-state index in [0.717, 1.165) is 0 Å². The molecule has 0 aromatic carbocycles. The summed E-state index contributed by atoms with van der Waals surface area (Å²) in [4.78, 5) is 11.3. The summed E-state index contributed by atoms with van der Waals surface area (Å²) in [7, 11) is 1.40. The van der Waals surface area contributed by atoms with Crippen molar-refractivity contribution < 1.29 is 79.2 Å². The Morgan fingerprint density at radius 2 is 1.37 bits per heavy atom. The molecule has 3 fully saturated rings. The van der Waals surface area contributed by atoms with Gasteiger partial charge >= 0.3 is 0 Å². The molecule has 3 aliphatic rings. The van der Waals surface area contributed by atoms with Crippen molar-refractivity contribution in [2.45, 2.75) is 106 Å². The highest BCUT2D eigenvalue weighted by molar-refractivity contribution is 5.56. The maximum absolute atomic E-state index is 11.3. The zero-order valence-electron chi connectivity index (χ0n) is 23.1. The molecule has 9 N–H and O–H groups in total. The molecule has 0 radical (unpaired) electrons. The van der Waals surface area contributed by atoms with Crippen molar-refractivity contribution in [3.63, 3.8) is 0 Å². The Balaban J connectivity index is 1.74. The number of methoxy groups -OCH3 is 1. The first-order chi connectivity index (χ1) is 19.4. The van der Waals surface area contributed by atoms with Gasteiger partial charge in [-0.25, -0.2) is 0 Å². The number of aliphatic hydroxyl groups excluding tert-OH is 9. The van der Waals surface area contributed by atoms with E-state index in [-0.39, 0.29) is 6.61 Å². The molecule has 240 valence electrons.